The van der Waals surface area contributed by atoms with E-state index in [1.54, 1.807) is 0 Å². The van der Waals surface area contributed by atoms with Crippen molar-refractivity contribution in [1.82, 2.24) is 5.32 Å². The summed E-state index contributed by atoms with van der Waals surface area (Å²) in [7, 11) is 1.99. The standard InChI is InChI=1S/C18H31NO3/c1-4-20-14-18(21-5-2)15-22-17-11-9-16(10-12-17)8-6-7-13-19-3/h9-12,18-19H,4-8,13-15H2,1-3H3. The van der Waals surface area contributed by atoms with E-state index < -0.39 is 0 Å². The van der Waals surface area contributed by atoms with Gasteiger partial charge in [-0.2, -0.15) is 0 Å². The highest BCUT2D eigenvalue weighted by molar-refractivity contribution is 5.27. The molecule has 1 rings (SSSR count). The second-order valence-corrected chi connectivity index (χ2v) is 5.25. The van der Waals surface area contributed by atoms with Gasteiger partial charge in [-0.1, -0.05) is 12.1 Å². The summed E-state index contributed by atoms with van der Waals surface area (Å²) in [6, 6.07) is 8.37. The van der Waals surface area contributed by atoms with Crippen LogP contribution in [0.1, 0.15) is 32.3 Å². The van der Waals surface area contributed by atoms with Crippen LogP contribution in [0.2, 0.25) is 0 Å². The van der Waals surface area contributed by atoms with Crippen LogP contribution < -0.4 is 10.1 Å². The average Bonchev–Trinajstić information content (AvgIpc) is 2.55. The molecule has 0 saturated carbocycles. The Kier molecular flexibility index (Phi) is 10.7. The summed E-state index contributed by atoms with van der Waals surface area (Å²) in [4.78, 5) is 0. The Morgan fingerprint density at radius 3 is 2.41 bits per heavy atom. The Morgan fingerprint density at radius 1 is 1.00 bits per heavy atom. The second-order valence-electron chi connectivity index (χ2n) is 5.25. The van der Waals surface area contributed by atoms with Gasteiger partial charge in [0, 0.05) is 13.2 Å². The van der Waals surface area contributed by atoms with Crippen molar-refractivity contribution in [2.24, 2.45) is 0 Å². The Hall–Kier alpha value is -1.10. The third kappa shape index (κ3) is 8.37. The minimum atomic E-state index is -0.00818. The molecule has 126 valence electrons. The lowest BCUT2D eigenvalue weighted by Crippen LogP contribution is -2.27. The maximum absolute atomic E-state index is 5.80. The van der Waals surface area contributed by atoms with E-state index in [1.807, 2.05) is 33.0 Å². The minimum Gasteiger partial charge on any atom is -0.491 e. The van der Waals surface area contributed by atoms with Crippen LogP contribution in [0.5, 0.6) is 5.75 Å². The van der Waals surface area contributed by atoms with Gasteiger partial charge in [0.05, 0.1) is 6.61 Å². The number of unbranched alkanes of at least 4 members (excludes halogenated alkanes) is 1. The Labute approximate surface area is 135 Å². The summed E-state index contributed by atoms with van der Waals surface area (Å²) in [5.74, 6) is 0.889. The first-order valence-corrected chi connectivity index (χ1v) is 8.35. The number of hydrogen-bond donors (Lipinski definition) is 1. The minimum absolute atomic E-state index is 0.00818. The van der Waals surface area contributed by atoms with Crippen LogP contribution in [0.25, 0.3) is 0 Å². The molecule has 0 aliphatic heterocycles. The van der Waals surface area contributed by atoms with Gasteiger partial charge in [0.15, 0.2) is 0 Å². The predicted octanol–water partition coefficient (Wildman–Crippen LogP) is 3.05. The van der Waals surface area contributed by atoms with Gasteiger partial charge in [-0.3, -0.25) is 0 Å². The lowest BCUT2D eigenvalue weighted by Gasteiger charge is -2.17. The van der Waals surface area contributed by atoms with Crippen LogP contribution in [-0.2, 0) is 15.9 Å². The maximum Gasteiger partial charge on any atom is 0.119 e. The van der Waals surface area contributed by atoms with Crippen molar-refractivity contribution < 1.29 is 14.2 Å². The largest absolute Gasteiger partial charge is 0.491 e. The molecule has 0 saturated heterocycles. The van der Waals surface area contributed by atoms with E-state index >= 15 is 0 Å². The third-order valence-corrected chi connectivity index (χ3v) is 3.41. The second kappa shape index (κ2) is 12.4. The van der Waals surface area contributed by atoms with Gasteiger partial charge in [0.2, 0.25) is 0 Å². The molecule has 0 radical (unpaired) electrons. The lowest BCUT2D eigenvalue weighted by molar-refractivity contribution is -0.0302. The molecule has 1 N–H and O–H groups in total. The molecule has 1 unspecified atom stereocenters. The summed E-state index contributed by atoms with van der Waals surface area (Å²) in [6.07, 6.45) is 3.53. The van der Waals surface area contributed by atoms with Gasteiger partial charge in [-0.05, 0) is 64.4 Å². The highest BCUT2D eigenvalue weighted by Gasteiger charge is 2.09. The number of rotatable bonds is 13. The zero-order valence-electron chi connectivity index (χ0n) is 14.3. The van der Waals surface area contributed by atoms with E-state index in [9.17, 15) is 0 Å². The van der Waals surface area contributed by atoms with E-state index in [0.29, 0.717) is 26.4 Å². The molecule has 0 aromatic heterocycles. The molecular formula is C18H31NO3. The van der Waals surface area contributed by atoms with Crippen molar-refractivity contribution in [2.75, 3.05) is 40.0 Å². The van der Waals surface area contributed by atoms with E-state index in [2.05, 4.69) is 17.4 Å². The normalized spacial score (nSPS) is 12.3. The van der Waals surface area contributed by atoms with Gasteiger partial charge in [-0.25, -0.2) is 0 Å². The number of benzene rings is 1. The van der Waals surface area contributed by atoms with Crippen molar-refractivity contribution in [3.8, 4) is 5.75 Å². The lowest BCUT2D eigenvalue weighted by atomic mass is 10.1. The van der Waals surface area contributed by atoms with Gasteiger partial charge in [0.1, 0.15) is 18.5 Å². The van der Waals surface area contributed by atoms with E-state index in [1.165, 1.54) is 18.4 Å². The third-order valence-electron chi connectivity index (χ3n) is 3.41. The average molecular weight is 309 g/mol. The number of ether oxygens (including phenoxy) is 3. The molecule has 0 spiro atoms. The van der Waals surface area contributed by atoms with Crippen LogP contribution in [0.15, 0.2) is 24.3 Å². The van der Waals surface area contributed by atoms with Crippen molar-refractivity contribution in [2.45, 2.75) is 39.2 Å². The van der Waals surface area contributed by atoms with Gasteiger partial charge < -0.3 is 19.5 Å². The number of hydrogen-bond acceptors (Lipinski definition) is 4. The molecule has 0 aliphatic rings. The Bertz CT molecular complexity index is 367. The summed E-state index contributed by atoms with van der Waals surface area (Å²) in [5.41, 5.74) is 1.36. The van der Waals surface area contributed by atoms with E-state index in [4.69, 9.17) is 14.2 Å². The SMILES string of the molecule is CCOCC(COc1ccc(CCCCNC)cc1)OCC. The fraction of sp³-hybridized carbons (Fsp3) is 0.667. The van der Waals surface area contributed by atoms with Crippen LogP contribution >= 0.6 is 0 Å². The van der Waals surface area contributed by atoms with Gasteiger partial charge >= 0.3 is 0 Å². The Balaban J connectivity index is 2.32. The van der Waals surface area contributed by atoms with Crippen molar-refractivity contribution in [1.29, 1.82) is 0 Å². The highest BCUT2D eigenvalue weighted by atomic mass is 16.6. The van der Waals surface area contributed by atoms with Crippen LogP contribution in [0.4, 0.5) is 0 Å². The zero-order valence-corrected chi connectivity index (χ0v) is 14.3. The van der Waals surface area contributed by atoms with Gasteiger partial charge in [0.25, 0.3) is 0 Å². The fourth-order valence-electron chi connectivity index (χ4n) is 2.20. The topological polar surface area (TPSA) is 39.7 Å². The molecule has 1 aromatic rings. The molecule has 4 nitrogen and oxygen atoms in total. The first kappa shape index (κ1) is 18.9. The molecule has 0 fully saturated rings. The fourth-order valence-corrected chi connectivity index (χ4v) is 2.20. The smallest absolute Gasteiger partial charge is 0.119 e. The zero-order chi connectivity index (χ0) is 16.0. The first-order valence-electron chi connectivity index (χ1n) is 8.35. The van der Waals surface area contributed by atoms with Crippen LogP contribution in [0.3, 0.4) is 0 Å². The Morgan fingerprint density at radius 2 is 1.77 bits per heavy atom. The van der Waals surface area contributed by atoms with Crippen LogP contribution in [-0.4, -0.2) is 46.1 Å². The first-order chi connectivity index (χ1) is 10.8. The molecular weight excluding hydrogens is 278 g/mol. The molecule has 1 aromatic carbocycles. The molecule has 22 heavy (non-hydrogen) atoms. The molecule has 0 amide bonds. The maximum atomic E-state index is 5.80. The summed E-state index contributed by atoms with van der Waals surface area (Å²) in [6.45, 7) is 7.53. The van der Waals surface area contributed by atoms with E-state index in [0.717, 1.165) is 18.7 Å². The molecule has 0 aliphatic carbocycles. The number of aryl methyl sites for hydroxylation is 1. The summed E-state index contributed by atoms with van der Waals surface area (Å²) >= 11 is 0. The predicted molar refractivity (Wildman–Crippen MR) is 90.7 cm³/mol. The van der Waals surface area contributed by atoms with Gasteiger partial charge in [-0.15, -0.1) is 0 Å². The summed E-state index contributed by atoms with van der Waals surface area (Å²) in [5, 5.41) is 3.17. The van der Waals surface area contributed by atoms with Crippen LogP contribution in [0, 0.1) is 0 Å². The quantitative estimate of drug-likeness (QED) is 0.569. The van der Waals surface area contributed by atoms with E-state index in [-0.39, 0.29) is 6.10 Å². The summed E-state index contributed by atoms with van der Waals surface area (Å²) < 4.78 is 16.8. The molecule has 0 heterocycles. The van der Waals surface area contributed by atoms with Crippen molar-refractivity contribution >= 4 is 0 Å². The van der Waals surface area contributed by atoms with Crippen molar-refractivity contribution in [3.63, 3.8) is 0 Å². The van der Waals surface area contributed by atoms with Crippen molar-refractivity contribution in [3.05, 3.63) is 29.8 Å². The molecule has 0 bridgehead atoms. The molecule has 1 atom stereocenters. The highest BCUT2D eigenvalue weighted by Crippen LogP contribution is 2.14. The number of nitrogens with one attached hydrogen (secondary N) is 1. The molecule has 4 heteroatoms. The monoisotopic (exact) mass is 309 g/mol.